The van der Waals surface area contributed by atoms with E-state index in [1.165, 1.54) is 22.9 Å². The van der Waals surface area contributed by atoms with E-state index in [-0.39, 0.29) is 30.2 Å². The summed E-state index contributed by atoms with van der Waals surface area (Å²) < 4.78 is 0. The Labute approximate surface area is 211 Å². The molecule has 0 unspecified atom stereocenters. The van der Waals surface area contributed by atoms with E-state index < -0.39 is 5.92 Å². The number of benzene rings is 2. The molecule has 0 spiro atoms. The normalized spacial score (nSPS) is 18.5. The topological polar surface area (TPSA) is 94.3 Å². The highest BCUT2D eigenvalue weighted by Crippen LogP contribution is 2.25. The molecule has 7 nitrogen and oxygen atoms in total. The van der Waals surface area contributed by atoms with Crippen LogP contribution in [0.15, 0.2) is 48.7 Å². The molecule has 1 saturated heterocycles. The first kappa shape index (κ1) is 24.1. The third kappa shape index (κ3) is 5.30. The van der Waals surface area contributed by atoms with Gasteiger partial charge in [0.05, 0.1) is 17.2 Å². The molecule has 2 fully saturated rings. The Kier molecular flexibility index (Phi) is 7.07. The molecule has 0 bridgehead atoms. The van der Waals surface area contributed by atoms with Crippen LogP contribution in [0.2, 0.25) is 0 Å². The van der Waals surface area contributed by atoms with E-state index in [0.29, 0.717) is 24.3 Å². The maximum Gasteiger partial charge on any atom is 0.253 e. The third-order valence-corrected chi connectivity index (χ3v) is 7.53. The minimum atomic E-state index is -0.433. The lowest BCUT2D eigenvalue weighted by Crippen LogP contribution is -2.36. The number of H-pyrrole nitrogens is 1. The van der Waals surface area contributed by atoms with E-state index in [4.69, 9.17) is 0 Å². The quantitative estimate of drug-likeness (QED) is 0.457. The average molecular weight is 487 g/mol. The van der Waals surface area contributed by atoms with Gasteiger partial charge in [0.25, 0.3) is 5.91 Å². The van der Waals surface area contributed by atoms with Crippen molar-refractivity contribution in [2.75, 3.05) is 18.4 Å². The fourth-order valence-electron chi connectivity index (χ4n) is 5.45. The second-order valence-corrected chi connectivity index (χ2v) is 10.2. The van der Waals surface area contributed by atoms with Gasteiger partial charge in [-0.2, -0.15) is 0 Å². The number of para-hydroxylation sites is 1. The number of amides is 3. The second-order valence-electron chi connectivity index (χ2n) is 10.2. The summed E-state index contributed by atoms with van der Waals surface area (Å²) in [5.41, 5.74) is 4.42. The van der Waals surface area contributed by atoms with Gasteiger partial charge in [0.1, 0.15) is 0 Å². The van der Waals surface area contributed by atoms with Crippen molar-refractivity contribution in [2.24, 2.45) is 5.92 Å². The number of anilines is 1. The van der Waals surface area contributed by atoms with Crippen LogP contribution in [0, 0.1) is 12.8 Å². The molecule has 2 aromatic carbocycles. The van der Waals surface area contributed by atoms with Crippen molar-refractivity contribution in [1.82, 2.24) is 15.2 Å². The van der Waals surface area contributed by atoms with Gasteiger partial charge in [-0.3, -0.25) is 14.4 Å². The molecule has 1 aromatic heterocycles. The fourth-order valence-corrected chi connectivity index (χ4v) is 5.45. The predicted molar refractivity (Wildman–Crippen MR) is 141 cm³/mol. The lowest BCUT2D eigenvalue weighted by atomic mass is 9.95. The zero-order valence-corrected chi connectivity index (χ0v) is 20.8. The zero-order chi connectivity index (χ0) is 25.1. The number of fused-ring (bicyclic) bond motifs is 1. The number of nitrogens with zero attached hydrogens (tertiary/aromatic N) is 1. The van der Waals surface area contributed by atoms with Crippen LogP contribution in [0.1, 0.15) is 60.0 Å². The maximum absolute atomic E-state index is 13.1. The van der Waals surface area contributed by atoms with Gasteiger partial charge in [0.15, 0.2) is 0 Å². The summed E-state index contributed by atoms with van der Waals surface area (Å²) >= 11 is 0. The minimum Gasteiger partial charge on any atom is -0.361 e. The van der Waals surface area contributed by atoms with Crippen molar-refractivity contribution in [3.05, 3.63) is 65.4 Å². The van der Waals surface area contributed by atoms with Gasteiger partial charge in [-0.25, -0.2) is 0 Å². The summed E-state index contributed by atoms with van der Waals surface area (Å²) in [6.07, 6.45) is 8.41. The van der Waals surface area contributed by atoms with Crippen LogP contribution >= 0.6 is 0 Å². The van der Waals surface area contributed by atoms with Crippen molar-refractivity contribution in [3.63, 3.8) is 0 Å². The van der Waals surface area contributed by atoms with E-state index in [0.717, 1.165) is 37.6 Å². The van der Waals surface area contributed by atoms with Gasteiger partial charge in [-0.1, -0.05) is 43.0 Å². The second kappa shape index (κ2) is 10.6. The standard InChI is InChI=1S/C29H34N4O3/c1-19-11-12-25-24(15-19)20(17-30-25)13-14-33-18-21(16-27(33)34)28(35)32-26-10-6-5-9-23(26)29(36)31-22-7-3-2-4-8-22/h5-6,9-12,15,17,21-22,30H,2-4,7-8,13-14,16,18H2,1H3,(H,31,36)(H,32,35)/t21-/m1/s1. The smallest absolute Gasteiger partial charge is 0.253 e. The molecular formula is C29H34N4O3. The highest BCUT2D eigenvalue weighted by molar-refractivity contribution is 6.05. The van der Waals surface area contributed by atoms with Crippen molar-refractivity contribution in [1.29, 1.82) is 0 Å². The van der Waals surface area contributed by atoms with Crippen LogP contribution in [0.25, 0.3) is 10.9 Å². The van der Waals surface area contributed by atoms with Crippen LogP contribution in [-0.4, -0.2) is 46.7 Å². The molecular weight excluding hydrogens is 452 g/mol. The van der Waals surface area contributed by atoms with Crippen LogP contribution in [-0.2, 0) is 16.0 Å². The Morgan fingerprint density at radius 1 is 1.08 bits per heavy atom. The number of likely N-dealkylation sites (tertiary alicyclic amines) is 1. The van der Waals surface area contributed by atoms with Crippen molar-refractivity contribution >= 4 is 34.3 Å². The first-order valence-electron chi connectivity index (χ1n) is 13.0. The van der Waals surface area contributed by atoms with Crippen LogP contribution < -0.4 is 10.6 Å². The van der Waals surface area contributed by atoms with Gasteiger partial charge < -0.3 is 20.5 Å². The number of aromatic amines is 1. The van der Waals surface area contributed by atoms with Crippen molar-refractivity contribution in [3.8, 4) is 0 Å². The van der Waals surface area contributed by atoms with Gasteiger partial charge >= 0.3 is 0 Å². The lowest BCUT2D eigenvalue weighted by Gasteiger charge is -2.23. The first-order valence-corrected chi connectivity index (χ1v) is 13.0. The Hall–Kier alpha value is -3.61. The summed E-state index contributed by atoms with van der Waals surface area (Å²) in [6.45, 7) is 3.04. The van der Waals surface area contributed by atoms with E-state index >= 15 is 0 Å². The summed E-state index contributed by atoms with van der Waals surface area (Å²) in [4.78, 5) is 43.8. The number of aromatic nitrogens is 1. The number of nitrogens with one attached hydrogen (secondary N) is 3. The van der Waals surface area contributed by atoms with Crippen molar-refractivity contribution < 1.29 is 14.4 Å². The number of hydrogen-bond donors (Lipinski definition) is 3. The maximum atomic E-state index is 13.1. The molecule has 1 aliphatic heterocycles. The Bertz CT molecular complexity index is 1270. The van der Waals surface area contributed by atoms with Gasteiger partial charge in [-0.05, 0) is 56.0 Å². The molecule has 2 heterocycles. The summed E-state index contributed by atoms with van der Waals surface area (Å²) in [7, 11) is 0. The summed E-state index contributed by atoms with van der Waals surface area (Å²) in [6, 6.07) is 13.6. The highest BCUT2D eigenvalue weighted by atomic mass is 16.2. The number of rotatable bonds is 7. The molecule has 1 atom stereocenters. The number of carbonyl (C=O) groups excluding carboxylic acids is 3. The first-order chi connectivity index (χ1) is 17.5. The molecule has 2 aliphatic rings. The van der Waals surface area contributed by atoms with Gasteiger partial charge in [0, 0.05) is 42.7 Å². The monoisotopic (exact) mass is 486 g/mol. The largest absolute Gasteiger partial charge is 0.361 e. The molecule has 188 valence electrons. The van der Waals surface area contributed by atoms with Gasteiger partial charge in [-0.15, -0.1) is 0 Å². The molecule has 3 N–H and O–H groups in total. The Morgan fingerprint density at radius 2 is 1.89 bits per heavy atom. The van der Waals surface area contributed by atoms with E-state index in [1.807, 2.05) is 12.3 Å². The van der Waals surface area contributed by atoms with Crippen LogP contribution in [0.4, 0.5) is 5.69 Å². The fraction of sp³-hybridized carbons (Fsp3) is 0.414. The van der Waals surface area contributed by atoms with Crippen molar-refractivity contribution in [2.45, 2.75) is 57.9 Å². The highest BCUT2D eigenvalue weighted by Gasteiger charge is 2.34. The molecule has 7 heteroatoms. The molecule has 1 saturated carbocycles. The number of carbonyl (C=O) groups is 3. The molecule has 5 rings (SSSR count). The molecule has 1 aliphatic carbocycles. The summed E-state index contributed by atoms with van der Waals surface area (Å²) in [5, 5.41) is 7.23. The Balaban J connectivity index is 1.19. The molecule has 3 amide bonds. The summed E-state index contributed by atoms with van der Waals surface area (Å²) in [5.74, 6) is -0.811. The van der Waals surface area contributed by atoms with E-state index in [1.54, 1.807) is 23.1 Å². The van der Waals surface area contributed by atoms with E-state index in [2.05, 4.69) is 40.7 Å². The van der Waals surface area contributed by atoms with Gasteiger partial charge in [0.2, 0.25) is 11.8 Å². The number of hydrogen-bond acceptors (Lipinski definition) is 3. The SMILES string of the molecule is Cc1ccc2[nH]cc(CCN3C[C@H](C(=O)Nc4ccccc4C(=O)NC4CCCCC4)CC3=O)c2c1. The Morgan fingerprint density at radius 3 is 2.72 bits per heavy atom. The predicted octanol–water partition coefficient (Wildman–Crippen LogP) is 4.57. The van der Waals surface area contributed by atoms with Crippen LogP contribution in [0.5, 0.6) is 0 Å². The zero-order valence-electron chi connectivity index (χ0n) is 20.8. The molecule has 3 aromatic rings. The molecule has 0 radical (unpaired) electrons. The molecule has 36 heavy (non-hydrogen) atoms. The minimum absolute atomic E-state index is 0.00509. The average Bonchev–Trinajstić information content (AvgIpc) is 3.46. The van der Waals surface area contributed by atoms with Crippen LogP contribution in [0.3, 0.4) is 0 Å². The third-order valence-electron chi connectivity index (χ3n) is 7.53. The number of aryl methyl sites for hydroxylation is 1. The van der Waals surface area contributed by atoms with E-state index in [9.17, 15) is 14.4 Å². The lowest BCUT2D eigenvalue weighted by molar-refractivity contribution is -0.128.